The van der Waals surface area contributed by atoms with Crippen molar-refractivity contribution in [1.29, 1.82) is 0 Å². The Morgan fingerprint density at radius 1 is 1.43 bits per heavy atom. The summed E-state index contributed by atoms with van der Waals surface area (Å²) in [7, 11) is 0. The summed E-state index contributed by atoms with van der Waals surface area (Å²) in [5.74, 6) is -0.0250. The van der Waals surface area contributed by atoms with Gasteiger partial charge in [0.05, 0.1) is 0 Å². The number of rotatable bonds is 4. The molecule has 1 aliphatic carbocycles. The number of hydrogen-bond acceptors (Lipinski definition) is 2. The van der Waals surface area contributed by atoms with Crippen molar-refractivity contribution in [1.82, 2.24) is 5.32 Å². The van der Waals surface area contributed by atoms with Gasteiger partial charge >= 0.3 is 0 Å². The second-order valence-electron chi connectivity index (χ2n) is 4.05. The number of carbonyl (C=O) groups is 2. The van der Waals surface area contributed by atoms with Gasteiger partial charge in [-0.3, -0.25) is 9.59 Å². The van der Waals surface area contributed by atoms with Crippen molar-refractivity contribution in [2.24, 2.45) is 11.7 Å². The topological polar surface area (TPSA) is 72.2 Å². The predicted octanol–water partition coefficient (Wildman–Crippen LogP) is 0.557. The third-order valence-corrected chi connectivity index (χ3v) is 2.75. The molecule has 0 aromatic carbocycles. The number of nitrogens with two attached hydrogens (primary N) is 1. The minimum absolute atomic E-state index is 0.0526. The van der Waals surface area contributed by atoms with Crippen LogP contribution in [-0.2, 0) is 9.59 Å². The normalized spacial score (nSPS) is 19.2. The Morgan fingerprint density at radius 3 is 2.50 bits per heavy atom. The molecule has 1 fully saturated rings. The molecule has 1 rings (SSSR count). The monoisotopic (exact) mass is 198 g/mol. The molecule has 0 spiro atoms. The number of amides is 2. The molecule has 0 heterocycles. The first-order valence-electron chi connectivity index (χ1n) is 5.18. The Morgan fingerprint density at radius 2 is 2.00 bits per heavy atom. The van der Waals surface area contributed by atoms with Crippen molar-refractivity contribution in [3.05, 3.63) is 0 Å². The van der Waals surface area contributed by atoms with E-state index < -0.39 is 11.9 Å². The fraction of sp³-hybridized carbons (Fsp3) is 0.800. The highest BCUT2D eigenvalue weighted by molar-refractivity contribution is 5.86. The van der Waals surface area contributed by atoms with Crippen molar-refractivity contribution in [2.45, 2.75) is 45.1 Å². The Bertz CT molecular complexity index is 222. The van der Waals surface area contributed by atoms with Gasteiger partial charge in [-0.1, -0.05) is 12.8 Å². The average Bonchev–Trinajstić information content (AvgIpc) is 2.56. The van der Waals surface area contributed by atoms with Crippen LogP contribution in [0.4, 0.5) is 0 Å². The molecule has 0 unspecified atom stereocenters. The second kappa shape index (κ2) is 4.98. The van der Waals surface area contributed by atoms with E-state index >= 15 is 0 Å². The van der Waals surface area contributed by atoms with Crippen molar-refractivity contribution in [3.8, 4) is 0 Å². The Hall–Kier alpha value is -1.06. The lowest BCUT2D eigenvalue weighted by Gasteiger charge is -2.12. The predicted molar refractivity (Wildman–Crippen MR) is 53.4 cm³/mol. The minimum Gasteiger partial charge on any atom is -0.368 e. The van der Waals surface area contributed by atoms with Gasteiger partial charge in [0, 0.05) is 6.42 Å². The minimum atomic E-state index is -0.552. The number of carbonyl (C=O) groups excluding carboxylic acids is 2. The van der Waals surface area contributed by atoms with Gasteiger partial charge in [0.25, 0.3) is 0 Å². The molecule has 0 radical (unpaired) electrons. The molecule has 0 bridgehead atoms. The van der Waals surface area contributed by atoms with Crippen LogP contribution >= 0.6 is 0 Å². The molecule has 2 amide bonds. The van der Waals surface area contributed by atoms with Crippen molar-refractivity contribution in [3.63, 3.8) is 0 Å². The highest BCUT2D eigenvalue weighted by atomic mass is 16.2. The van der Waals surface area contributed by atoms with Gasteiger partial charge in [0.1, 0.15) is 6.04 Å². The molecule has 0 aromatic rings. The summed E-state index contributed by atoms with van der Waals surface area (Å²) in [6.45, 7) is 1.61. The lowest BCUT2D eigenvalue weighted by atomic mass is 10.0. The van der Waals surface area contributed by atoms with Crippen molar-refractivity contribution >= 4 is 11.8 Å². The number of hydrogen-bond donors (Lipinski definition) is 2. The van der Waals surface area contributed by atoms with E-state index in [2.05, 4.69) is 5.32 Å². The van der Waals surface area contributed by atoms with Crippen molar-refractivity contribution in [2.75, 3.05) is 0 Å². The molecular formula is C10H18N2O2. The molecule has 3 N–H and O–H groups in total. The Balaban J connectivity index is 2.24. The molecule has 0 aromatic heterocycles. The summed E-state index contributed by atoms with van der Waals surface area (Å²) < 4.78 is 0. The standard InChI is InChI=1S/C10H18N2O2/c1-7(10(11)14)12-9(13)6-8-4-2-3-5-8/h7-8H,2-6H2,1H3,(H2,11,14)(H,12,13)/t7-/m1/s1. The van der Waals surface area contributed by atoms with Gasteiger partial charge in [0.15, 0.2) is 0 Å². The quantitative estimate of drug-likeness (QED) is 0.692. The molecule has 4 heteroatoms. The maximum atomic E-state index is 11.4. The van der Waals surface area contributed by atoms with Crippen LogP contribution in [0, 0.1) is 5.92 Å². The fourth-order valence-corrected chi connectivity index (χ4v) is 1.85. The van der Waals surface area contributed by atoms with E-state index in [0.717, 1.165) is 12.8 Å². The van der Waals surface area contributed by atoms with Crippen LogP contribution < -0.4 is 11.1 Å². The smallest absolute Gasteiger partial charge is 0.239 e. The first-order chi connectivity index (χ1) is 6.59. The summed E-state index contributed by atoms with van der Waals surface area (Å²) in [5.41, 5.74) is 5.04. The van der Waals surface area contributed by atoms with Crippen LogP contribution in [0.3, 0.4) is 0 Å². The van der Waals surface area contributed by atoms with Gasteiger partial charge in [-0.2, -0.15) is 0 Å². The zero-order valence-electron chi connectivity index (χ0n) is 8.58. The van der Waals surface area contributed by atoms with Gasteiger partial charge in [-0.25, -0.2) is 0 Å². The lowest BCUT2D eigenvalue weighted by Crippen LogP contribution is -2.42. The maximum absolute atomic E-state index is 11.4. The van der Waals surface area contributed by atoms with E-state index in [9.17, 15) is 9.59 Å². The zero-order valence-corrected chi connectivity index (χ0v) is 8.58. The largest absolute Gasteiger partial charge is 0.368 e. The first-order valence-corrected chi connectivity index (χ1v) is 5.18. The third-order valence-electron chi connectivity index (χ3n) is 2.75. The molecule has 1 saturated carbocycles. The van der Waals surface area contributed by atoms with Gasteiger partial charge < -0.3 is 11.1 Å². The lowest BCUT2D eigenvalue weighted by molar-refractivity contribution is -0.127. The van der Waals surface area contributed by atoms with E-state index in [0.29, 0.717) is 12.3 Å². The van der Waals surface area contributed by atoms with Crippen LogP contribution in [0.2, 0.25) is 0 Å². The van der Waals surface area contributed by atoms with E-state index in [1.54, 1.807) is 6.92 Å². The van der Waals surface area contributed by atoms with Crippen LogP contribution in [0.25, 0.3) is 0 Å². The molecule has 14 heavy (non-hydrogen) atoms. The van der Waals surface area contributed by atoms with Crippen LogP contribution in [0.5, 0.6) is 0 Å². The fourth-order valence-electron chi connectivity index (χ4n) is 1.85. The van der Waals surface area contributed by atoms with E-state index in [4.69, 9.17) is 5.73 Å². The first kappa shape index (κ1) is 11.0. The molecule has 1 aliphatic rings. The molecular weight excluding hydrogens is 180 g/mol. The zero-order chi connectivity index (χ0) is 10.6. The number of primary amides is 1. The highest BCUT2D eigenvalue weighted by Crippen LogP contribution is 2.27. The third kappa shape index (κ3) is 3.36. The van der Waals surface area contributed by atoms with Crippen LogP contribution in [0.1, 0.15) is 39.0 Å². The molecule has 80 valence electrons. The maximum Gasteiger partial charge on any atom is 0.239 e. The van der Waals surface area contributed by atoms with E-state index in [-0.39, 0.29) is 5.91 Å². The Kier molecular flexibility index (Phi) is 3.92. The Labute approximate surface area is 84.2 Å². The number of nitrogens with one attached hydrogen (secondary N) is 1. The van der Waals surface area contributed by atoms with Crippen molar-refractivity contribution < 1.29 is 9.59 Å². The summed E-state index contributed by atoms with van der Waals surface area (Å²) in [6, 6.07) is -0.552. The van der Waals surface area contributed by atoms with Gasteiger partial charge in [-0.05, 0) is 25.7 Å². The van der Waals surface area contributed by atoms with Crippen LogP contribution in [0.15, 0.2) is 0 Å². The highest BCUT2D eigenvalue weighted by Gasteiger charge is 2.20. The molecule has 0 saturated heterocycles. The molecule has 1 atom stereocenters. The molecule has 0 aliphatic heterocycles. The van der Waals surface area contributed by atoms with Gasteiger partial charge in [-0.15, -0.1) is 0 Å². The van der Waals surface area contributed by atoms with E-state index in [1.165, 1.54) is 12.8 Å². The summed E-state index contributed by atoms with van der Waals surface area (Å²) in [6.07, 6.45) is 5.26. The average molecular weight is 198 g/mol. The summed E-state index contributed by atoms with van der Waals surface area (Å²) in [5, 5.41) is 2.59. The van der Waals surface area contributed by atoms with Gasteiger partial charge in [0.2, 0.25) is 11.8 Å². The molecule has 4 nitrogen and oxygen atoms in total. The van der Waals surface area contributed by atoms with Crippen LogP contribution in [-0.4, -0.2) is 17.9 Å². The summed E-state index contributed by atoms with van der Waals surface area (Å²) >= 11 is 0. The second-order valence-corrected chi connectivity index (χ2v) is 4.05. The van der Waals surface area contributed by atoms with E-state index in [1.807, 2.05) is 0 Å². The summed E-state index contributed by atoms with van der Waals surface area (Å²) in [4.78, 5) is 22.1. The SMILES string of the molecule is C[C@@H](NC(=O)CC1CCCC1)C(N)=O.